The molecular formula is C21H27N11O4. The van der Waals surface area contributed by atoms with Crippen LogP contribution in [0.5, 0.6) is 0 Å². The van der Waals surface area contributed by atoms with Gasteiger partial charge in [0.2, 0.25) is 5.91 Å². The molecule has 1 saturated heterocycles. The van der Waals surface area contributed by atoms with Crippen molar-refractivity contribution in [3.63, 3.8) is 0 Å². The molecule has 3 aromatic heterocycles. The third-order valence-electron chi connectivity index (χ3n) is 5.87. The van der Waals surface area contributed by atoms with Crippen LogP contribution in [0.2, 0.25) is 0 Å². The smallest absolute Gasteiger partial charge is 0.237 e. The first-order valence-corrected chi connectivity index (χ1v) is 11.1. The summed E-state index contributed by atoms with van der Waals surface area (Å²) in [4.78, 5) is 34.3. The molecule has 5 N–H and O–H groups in total. The van der Waals surface area contributed by atoms with E-state index >= 15 is 0 Å². The fraction of sp³-hybridized carbons (Fsp3) is 0.476. The first-order valence-electron chi connectivity index (χ1n) is 11.1. The summed E-state index contributed by atoms with van der Waals surface area (Å²) in [5, 5.41) is 27.1. The van der Waals surface area contributed by atoms with Crippen LogP contribution in [-0.2, 0) is 22.5 Å². The van der Waals surface area contributed by atoms with Crippen LogP contribution in [0.15, 0.2) is 36.1 Å². The second kappa shape index (κ2) is 10.8. The van der Waals surface area contributed by atoms with Crippen molar-refractivity contribution in [1.82, 2.24) is 29.8 Å². The van der Waals surface area contributed by atoms with Crippen molar-refractivity contribution in [1.29, 1.82) is 0 Å². The Bertz CT molecular complexity index is 1280. The second-order valence-electron chi connectivity index (χ2n) is 8.54. The molecule has 0 saturated carbocycles. The van der Waals surface area contributed by atoms with Crippen molar-refractivity contribution in [2.24, 2.45) is 10.8 Å². The minimum absolute atomic E-state index is 0.0842. The number of ether oxygens (including phenoxy) is 1. The Kier molecular flexibility index (Phi) is 7.57. The number of fused-ring (bicyclic) bond motifs is 1. The number of aliphatic hydroxyl groups excluding tert-OH is 2. The quantitative estimate of drug-likeness (QED) is 0.167. The van der Waals surface area contributed by atoms with E-state index in [2.05, 4.69) is 35.3 Å². The molecule has 5 atom stereocenters. The highest BCUT2D eigenvalue weighted by atomic mass is 16.5. The highest BCUT2D eigenvalue weighted by Gasteiger charge is 2.46. The zero-order valence-corrected chi connectivity index (χ0v) is 19.7. The zero-order valence-electron chi connectivity index (χ0n) is 19.7. The minimum atomic E-state index is -1.22. The van der Waals surface area contributed by atoms with Gasteiger partial charge < -0.3 is 30.9 Å². The maximum absolute atomic E-state index is 12.9. The Balaban J connectivity index is 1.48. The Morgan fingerprint density at radius 3 is 2.92 bits per heavy atom. The summed E-state index contributed by atoms with van der Waals surface area (Å²) in [6, 6.07) is 1.54. The summed E-state index contributed by atoms with van der Waals surface area (Å²) >= 11 is 0. The molecule has 15 heteroatoms. The molecule has 36 heavy (non-hydrogen) atoms. The van der Waals surface area contributed by atoms with Gasteiger partial charge >= 0.3 is 0 Å². The summed E-state index contributed by atoms with van der Waals surface area (Å²) in [7, 11) is 3.65. The van der Waals surface area contributed by atoms with Crippen molar-refractivity contribution in [3.05, 3.63) is 52.7 Å². The van der Waals surface area contributed by atoms with Crippen molar-refractivity contribution >= 4 is 22.9 Å². The third kappa shape index (κ3) is 5.05. The molecule has 3 aromatic rings. The van der Waals surface area contributed by atoms with Gasteiger partial charge in [-0.2, -0.15) is 0 Å². The molecule has 1 fully saturated rings. The van der Waals surface area contributed by atoms with Crippen molar-refractivity contribution in [3.8, 4) is 0 Å². The van der Waals surface area contributed by atoms with Gasteiger partial charge in [0.1, 0.15) is 18.5 Å². The van der Waals surface area contributed by atoms with Gasteiger partial charge in [0.25, 0.3) is 0 Å². The molecule has 0 spiro atoms. The Labute approximate surface area is 205 Å². The van der Waals surface area contributed by atoms with E-state index in [0.717, 1.165) is 5.56 Å². The molecule has 0 radical (unpaired) electrons. The summed E-state index contributed by atoms with van der Waals surface area (Å²) in [5.41, 5.74) is 16.8. The number of nitrogens with zero attached hydrogens (tertiary/aromatic N) is 9. The number of amides is 1. The first kappa shape index (κ1) is 25.2. The summed E-state index contributed by atoms with van der Waals surface area (Å²) in [6.45, 7) is -0.355. The maximum Gasteiger partial charge on any atom is 0.237 e. The fourth-order valence-electron chi connectivity index (χ4n) is 4.12. The number of imidazole rings is 1. The lowest BCUT2D eigenvalue weighted by Gasteiger charge is -2.23. The molecule has 0 aromatic carbocycles. The first-order chi connectivity index (χ1) is 17.3. The number of carbonyl (C=O) groups is 1. The van der Waals surface area contributed by atoms with Crippen molar-refractivity contribution in [2.45, 2.75) is 43.5 Å². The molecule has 15 nitrogen and oxygen atoms in total. The van der Waals surface area contributed by atoms with Crippen LogP contribution in [0.4, 0.5) is 5.82 Å². The summed E-state index contributed by atoms with van der Waals surface area (Å²) in [5.74, 6) is 0.0716. The number of anilines is 1. The summed E-state index contributed by atoms with van der Waals surface area (Å²) < 4.78 is 7.43. The Morgan fingerprint density at radius 2 is 2.19 bits per heavy atom. The Morgan fingerprint density at radius 1 is 1.39 bits per heavy atom. The average molecular weight is 498 g/mol. The van der Waals surface area contributed by atoms with Crippen LogP contribution < -0.4 is 16.0 Å². The van der Waals surface area contributed by atoms with Crippen LogP contribution in [-0.4, -0.2) is 85.6 Å². The van der Waals surface area contributed by atoms with Crippen molar-refractivity contribution in [2.75, 3.05) is 25.6 Å². The number of nitrogens with two attached hydrogens (primary N) is 1. The van der Waals surface area contributed by atoms with Crippen LogP contribution in [0.3, 0.4) is 0 Å². The van der Waals surface area contributed by atoms with Gasteiger partial charge in [0, 0.05) is 30.9 Å². The molecule has 1 amide bonds. The van der Waals surface area contributed by atoms with E-state index in [0.29, 0.717) is 22.7 Å². The predicted molar refractivity (Wildman–Crippen MR) is 127 cm³/mol. The number of azide groups is 1. The van der Waals surface area contributed by atoms with Crippen LogP contribution in [0.1, 0.15) is 17.5 Å². The molecule has 4 rings (SSSR count). The maximum atomic E-state index is 12.9. The van der Waals surface area contributed by atoms with E-state index < -0.39 is 43.0 Å². The topological polar surface area (TPSA) is 213 Å². The van der Waals surface area contributed by atoms with Crippen LogP contribution in [0.25, 0.3) is 21.6 Å². The monoisotopic (exact) mass is 497 g/mol. The molecule has 190 valence electrons. The van der Waals surface area contributed by atoms with Crippen LogP contribution >= 0.6 is 0 Å². The van der Waals surface area contributed by atoms with E-state index in [9.17, 15) is 15.0 Å². The second-order valence-corrected chi connectivity index (χ2v) is 8.54. The Hall–Kier alpha value is -3.88. The standard InChI is InChI=1S/C21H27N11O4/c1-31(2)18-16-19(26-9-25-18)32(10-27-16)21-17(34)15(14(8-33)36-21)29-20(35)13(22)6-11-3-4-24-12(5-11)7-28-30-23/h3-5,9-10,13-15,17,21,33-34H,6-8,22H2,1-2H3,(H,29,35). The lowest BCUT2D eigenvalue weighted by atomic mass is 10.0. The normalized spacial score (nSPS) is 22.2. The number of pyridine rings is 1. The largest absolute Gasteiger partial charge is 0.394 e. The number of nitrogens with one attached hydrogen (secondary N) is 1. The van der Waals surface area contributed by atoms with Crippen LogP contribution in [0, 0.1) is 0 Å². The number of aliphatic hydroxyl groups is 2. The molecule has 5 unspecified atom stereocenters. The lowest BCUT2D eigenvalue weighted by molar-refractivity contribution is -0.124. The van der Waals surface area contributed by atoms with Gasteiger partial charge in [-0.3, -0.25) is 14.3 Å². The van der Waals surface area contributed by atoms with Gasteiger partial charge in [-0.25, -0.2) is 15.0 Å². The lowest BCUT2D eigenvalue weighted by Crippen LogP contribution is -2.53. The van der Waals surface area contributed by atoms with E-state index in [1.54, 1.807) is 27.8 Å². The SMILES string of the molecule is CN(C)c1ncnc2c1ncn2C1OC(CO)C(NC(=O)C(N)Cc2ccnc(CN=[N+]=[N-])c2)C1O. The number of hydrogen-bond donors (Lipinski definition) is 4. The molecule has 0 aliphatic carbocycles. The van der Waals surface area contributed by atoms with Gasteiger partial charge in [0.05, 0.1) is 31.6 Å². The molecule has 0 bridgehead atoms. The van der Waals surface area contributed by atoms with Gasteiger partial charge in [-0.05, 0) is 29.6 Å². The zero-order chi connectivity index (χ0) is 25.8. The number of aromatic nitrogens is 5. The predicted octanol–water partition coefficient (Wildman–Crippen LogP) is -0.597. The van der Waals surface area contributed by atoms with Crippen molar-refractivity contribution < 1.29 is 19.7 Å². The molecular weight excluding hydrogens is 470 g/mol. The van der Waals surface area contributed by atoms with E-state index in [1.165, 1.54) is 12.7 Å². The average Bonchev–Trinajstić information content (AvgIpc) is 3.43. The molecule has 1 aliphatic heterocycles. The fourth-order valence-corrected chi connectivity index (χ4v) is 4.12. The molecule has 4 heterocycles. The molecule has 1 aliphatic rings. The summed E-state index contributed by atoms with van der Waals surface area (Å²) in [6.07, 6.45) is 1.53. The van der Waals surface area contributed by atoms with E-state index in [-0.39, 0.29) is 13.0 Å². The van der Waals surface area contributed by atoms with E-state index in [1.807, 2.05) is 14.1 Å². The van der Waals surface area contributed by atoms with E-state index in [4.69, 9.17) is 16.0 Å². The van der Waals surface area contributed by atoms with Gasteiger partial charge in [0.15, 0.2) is 23.2 Å². The highest BCUT2D eigenvalue weighted by Crippen LogP contribution is 2.32. The van der Waals surface area contributed by atoms with Gasteiger partial charge in [-0.1, -0.05) is 5.11 Å². The highest BCUT2D eigenvalue weighted by molar-refractivity contribution is 5.83. The minimum Gasteiger partial charge on any atom is -0.394 e. The number of carbonyl (C=O) groups excluding carboxylic acids is 1. The number of rotatable bonds is 9. The third-order valence-corrected chi connectivity index (χ3v) is 5.87. The number of hydrogen-bond acceptors (Lipinski definition) is 11. The van der Waals surface area contributed by atoms with Gasteiger partial charge in [-0.15, -0.1) is 0 Å².